The van der Waals surface area contributed by atoms with Gasteiger partial charge in [-0.15, -0.1) is 0 Å². The van der Waals surface area contributed by atoms with Gasteiger partial charge >= 0.3 is 0 Å². The Morgan fingerprint density at radius 3 is 2.13 bits per heavy atom. The zero-order valence-corrected chi connectivity index (χ0v) is 23.0. The van der Waals surface area contributed by atoms with Gasteiger partial charge in [-0.2, -0.15) is 0 Å². The van der Waals surface area contributed by atoms with Gasteiger partial charge < -0.3 is 5.32 Å². The summed E-state index contributed by atoms with van der Waals surface area (Å²) in [6.45, 7) is 19.6. The number of unbranched alkanes of at least 4 members (excludes halogenated alkanes) is 2. The Hall–Kier alpha value is -0.0400. The van der Waals surface area contributed by atoms with Crippen molar-refractivity contribution >= 4 is 0 Å². The summed E-state index contributed by atoms with van der Waals surface area (Å²) >= 11 is 0. The Kier molecular flexibility index (Phi) is 15.5. The van der Waals surface area contributed by atoms with E-state index in [2.05, 4.69) is 60.7 Å². The third-order valence-electron chi connectivity index (χ3n) is 9.20. The molecule has 8 unspecified atom stereocenters. The van der Waals surface area contributed by atoms with Crippen LogP contribution in [0.15, 0.2) is 0 Å². The van der Waals surface area contributed by atoms with E-state index in [0.29, 0.717) is 12.1 Å². The average molecular weight is 436 g/mol. The highest BCUT2D eigenvalue weighted by Gasteiger charge is 2.30. The Labute approximate surface area is 198 Å². The Morgan fingerprint density at radius 2 is 1.48 bits per heavy atom. The fourth-order valence-corrected chi connectivity index (χ4v) is 6.35. The van der Waals surface area contributed by atoms with Crippen LogP contribution >= 0.6 is 0 Å². The van der Waals surface area contributed by atoms with Crippen molar-refractivity contribution in [2.45, 2.75) is 157 Å². The summed E-state index contributed by atoms with van der Waals surface area (Å²) in [6, 6.07) is 1.42. The predicted molar refractivity (Wildman–Crippen MR) is 142 cm³/mol. The van der Waals surface area contributed by atoms with E-state index in [4.69, 9.17) is 0 Å². The molecule has 186 valence electrons. The van der Waals surface area contributed by atoms with Gasteiger partial charge in [-0.25, -0.2) is 0 Å². The summed E-state index contributed by atoms with van der Waals surface area (Å²) in [7, 11) is 0. The van der Waals surface area contributed by atoms with Crippen LogP contribution in [0.3, 0.4) is 0 Å². The highest BCUT2D eigenvalue weighted by molar-refractivity contribution is 4.81. The van der Waals surface area contributed by atoms with Crippen molar-refractivity contribution < 1.29 is 0 Å². The van der Waals surface area contributed by atoms with Crippen LogP contribution in [-0.4, -0.2) is 12.1 Å². The van der Waals surface area contributed by atoms with Crippen LogP contribution in [-0.2, 0) is 0 Å². The molecule has 1 fully saturated rings. The van der Waals surface area contributed by atoms with E-state index >= 15 is 0 Å². The van der Waals surface area contributed by atoms with Crippen molar-refractivity contribution in [1.82, 2.24) is 5.32 Å². The molecule has 31 heavy (non-hydrogen) atoms. The molecule has 0 aromatic rings. The molecule has 0 radical (unpaired) electrons. The second-order valence-electron chi connectivity index (χ2n) is 11.8. The van der Waals surface area contributed by atoms with E-state index in [1.165, 1.54) is 89.9 Å². The van der Waals surface area contributed by atoms with Crippen LogP contribution < -0.4 is 5.32 Å². The Balaban J connectivity index is 2.25. The van der Waals surface area contributed by atoms with Crippen molar-refractivity contribution in [3.63, 3.8) is 0 Å². The molecule has 0 saturated heterocycles. The Morgan fingerprint density at radius 1 is 0.774 bits per heavy atom. The standard InChI is InChI=1S/C30H61N/c1-9-12-17-26(7)30(11-3)31-28(10-2)22-21-23(4)16-13-14-18-25(6)29-20-15-19-24(5)27(29)8/h23-31H,9-22H2,1-8H3. The lowest BCUT2D eigenvalue weighted by atomic mass is 9.68. The van der Waals surface area contributed by atoms with Crippen LogP contribution in [0, 0.1) is 35.5 Å². The monoisotopic (exact) mass is 435 g/mol. The Bertz CT molecular complexity index is 419. The fraction of sp³-hybridized carbons (Fsp3) is 1.00. The molecule has 1 rings (SSSR count). The molecule has 8 atom stereocenters. The van der Waals surface area contributed by atoms with E-state index in [1.54, 1.807) is 0 Å². The van der Waals surface area contributed by atoms with E-state index < -0.39 is 0 Å². The van der Waals surface area contributed by atoms with Crippen LogP contribution in [0.1, 0.15) is 145 Å². The molecule has 1 N–H and O–H groups in total. The molecule has 0 aromatic heterocycles. The predicted octanol–water partition coefficient (Wildman–Crippen LogP) is 9.64. The van der Waals surface area contributed by atoms with Gasteiger partial charge in [0.05, 0.1) is 0 Å². The third kappa shape index (κ3) is 11.1. The summed E-state index contributed by atoms with van der Waals surface area (Å²) in [4.78, 5) is 0. The largest absolute Gasteiger partial charge is 0.311 e. The molecule has 1 saturated carbocycles. The first-order valence-electron chi connectivity index (χ1n) is 14.6. The number of nitrogens with one attached hydrogen (secondary N) is 1. The third-order valence-corrected chi connectivity index (χ3v) is 9.20. The van der Waals surface area contributed by atoms with Crippen molar-refractivity contribution in [2.24, 2.45) is 35.5 Å². The molecule has 0 spiro atoms. The SMILES string of the molecule is CCCCC(C)C(CC)NC(CC)CCC(C)CCCCC(C)C1CCCC(C)C1C. The lowest BCUT2D eigenvalue weighted by Gasteiger charge is -2.38. The van der Waals surface area contributed by atoms with Gasteiger partial charge in [0.2, 0.25) is 0 Å². The molecule has 0 heterocycles. The average Bonchev–Trinajstić information content (AvgIpc) is 2.76. The first-order valence-corrected chi connectivity index (χ1v) is 14.6. The first-order chi connectivity index (χ1) is 14.8. The summed E-state index contributed by atoms with van der Waals surface area (Å²) in [6.07, 6.45) is 19.6. The topological polar surface area (TPSA) is 12.0 Å². The molecule has 0 amide bonds. The van der Waals surface area contributed by atoms with Crippen molar-refractivity contribution in [3.05, 3.63) is 0 Å². The maximum absolute atomic E-state index is 4.04. The number of hydrogen-bond acceptors (Lipinski definition) is 1. The molecule has 1 aliphatic rings. The quantitative estimate of drug-likeness (QED) is 0.224. The second kappa shape index (κ2) is 16.6. The normalized spacial score (nSPS) is 26.9. The zero-order valence-electron chi connectivity index (χ0n) is 23.0. The van der Waals surface area contributed by atoms with Crippen molar-refractivity contribution in [1.29, 1.82) is 0 Å². The smallest absolute Gasteiger partial charge is 0.00926 e. The lowest BCUT2D eigenvalue weighted by Crippen LogP contribution is -2.41. The number of hydrogen-bond donors (Lipinski definition) is 1. The molecule has 1 heteroatoms. The van der Waals surface area contributed by atoms with Gasteiger partial charge in [-0.1, -0.05) is 107 Å². The van der Waals surface area contributed by atoms with E-state index in [1.807, 2.05) is 0 Å². The molecule has 0 bridgehead atoms. The maximum atomic E-state index is 4.04. The minimum absolute atomic E-state index is 0.707. The van der Waals surface area contributed by atoms with Crippen LogP contribution in [0.5, 0.6) is 0 Å². The van der Waals surface area contributed by atoms with Crippen molar-refractivity contribution in [2.75, 3.05) is 0 Å². The molecule has 1 nitrogen and oxygen atoms in total. The van der Waals surface area contributed by atoms with Gasteiger partial charge in [0.25, 0.3) is 0 Å². The van der Waals surface area contributed by atoms with E-state index in [0.717, 1.165) is 35.5 Å². The van der Waals surface area contributed by atoms with Gasteiger partial charge in [-0.05, 0) is 74.0 Å². The highest BCUT2D eigenvalue weighted by atomic mass is 15.0. The summed E-state index contributed by atoms with van der Waals surface area (Å²) in [5.74, 6) is 5.51. The minimum atomic E-state index is 0.707. The maximum Gasteiger partial charge on any atom is 0.00926 e. The molecule has 1 aliphatic carbocycles. The van der Waals surface area contributed by atoms with E-state index in [9.17, 15) is 0 Å². The fourth-order valence-electron chi connectivity index (χ4n) is 6.35. The van der Waals surface area contributed by atoms with Crippen LogP contribution in [0.25, 0.3) is 0 Å². The van der Waals surface area contributed by atoms with Gasteiger partial charge in [-0.3, -0.25) is 0 Å². The minimum Gasteiger partial charge on any atom is -0.311 e. The van der Waals surface area contributed by atoms with Gasteiger partial charge in [0.15, 0.2) is 0 Å². The lowest BCUT2D eigenvalue weighted by molar-refractivity contribution is 0.124. The van der Waals surface area contributed by atoms with Crippen molar-refractivity contribution in [3.8, 4) is 0 Å². The van der Waals surface area contributed by atoms with Gasteiger partial charge in [0, 0.05) is 12.1 Å². The summed E-state index contributed by atoms with van der Waals surface area (Å²) < 4.78 is 0. The van der Waals surface area contributed by atoms with Gasteiger partial charge in [0.1, 0.15) is 0 Å². The number of rotatable bonds is 17. The molecular formula is C30H61N. The summed E-state index contributed by atoms with van der Waals surface area (Å²) in [5.41, 5.74) is 0. The zero-order chi connectivity index (χ0) is 23.2. The van der Waals surface area contributed by atoms with Crippen LogP contribution in [0.4, 0.5) is 0 Å². The highest BCUT2D eigenvalue weighted by Crippen LogP contribution is 2.40. The molecule has 0 aliphatic heterocycles. The van der Waals surface area contributed by atoms with E-state index in [-0.39, 0.29) is 0 Å². The summed E-state index contributed by atoms with van der Waals surface area (Å²) in [5, 5.41) is 4.04. The second-order valence-corrected chi connectivity index (χ2v) is 11.8. The molecule has 0 aromatic carbocycles. The first kappa shape index (κ1) is 29.0. The van der Waals surface area contributed by atoms with Crippen LogP contribution in [0.2, 0.25) is 0 Å². The molecular weight excluding hydrogens is 374 g/mol.